The van der Waals surface area contributed by atoms with Gasteiger partial charge in [-0.15, -0.1) is 0 Å². The van der Waals surface area contributed by atoms with Gasteiger partial charge in [-0.05, 0) is 6.08 Å². The quantitative estimate of drug-likeness (QED) is 0.456. The summed E-state index contributed by atoms with van der Waals surface area (Å²) in [6.07, 6.45) is 9.10. The molecule has 0 spiro atoms. The predicted octanol–water partition coefficient (Wildman–Crippen LogP) is -0.434. The van der Waals surface area contributed by atoms with Gasteiger partial charge in [0.15, 0.2) is 6.29 Å². The average molecular weight is 122 g/mol. The third-order valence-electron chi connectivity index (χ3n) is 1.48. The lowest BCUT2D eigenvalue weighted by atomic mass is 10.4. The number of fused-ring (bicyclic) bond motifs is 1. The molecule has 0 aromatic heterocycles. The molecule has 0 aliphatic carbocycles. The van der Waals surface area contributed by atoms with Gasteiger partial charge in [0.05, 0.1) is 6.20 Å². The zero-order valence-corrected chi connectivity index (χ0v) is 4.96. The minimum Gasteiger partial charge on any atom is -0.353 e. The maximum Gasteiger partial charge on any atom is 0.175 e. The van der Waals surface area contributed by atoms with Gasteiger partial charge in [-0.25, -0.2) is 0 Å². The highest BCUT2D eigenvalue weighted by molar-refractivity contribution is 4.99. The standard InChI is InChI=1S/C6H8N3/c1-2-7-6-8-3-5-9(6)4-1/h1,3,5-8H,4H2. The van der Waals surface area contributed by atoms with Crippen LogP contribution in [0.25, 0.3) is 0 Å². The lowest BCUT2D eigenvalue weighted by Crippen LogP contribution is -2.47. The fourth-order valence-corrected chi connectivity index (χ4v) is 0.991. The van der Waals surface area contributed by atoms with E-state index in [-0.39, 0.29) is 6.29 Å². The maximum absolute atomic E-state index is 3.11. The summed E-state index contributed by atoms with van der Waals surface area (Å²) in [5.74, 6) is 0. The van der Waals surface area contributed by atoms with Gasteiger partial charge < -0.3 is 15.5 Å². The Kier molecular flexibility index (Phi) is 0.886. The van der Waals surface area contributed by atoms with Crippen LogP contribution in [-0.4, -0.2) is 17.7 Å². The van der Waals surface area contributed by atoms with Crippen molar-refractivity contribution < 1.29 is 0 Å². The molecule has 47 valence electrons. The summed E-state index contributed by atoms with van der Waals surface area (Å²) in [6.45, 7) is 0.946. The third kappa shape index (κ3) is 0.650. The second-order valence-electron chi connectivity index (χ2n) is 2.07. The molecule has 2 rings (SSSR count). The molecule has 2 aliphatic heterocycles. The van der Waals surface area contributed by atoms with Crippen molar-refractivity contribution in [3.8, 4) is 0 Å². The van der Waals surface area contributed by atoms with Crippen molar-refractivity contribution >= 4 is 0 Å². The number of nitrogens with one attached hydrogen (secondary N) is 2. The lowest BCUT2D eigenvalue weighted by molar-refractivity contribution is 0.258. The Bertz CT molecular complexity index is 162. The van der Waals surface area contributed by atoms with E-state index in [1.807, 2.05) is 18.5 Å². The van der Waals surface area contributed by atoms with Gasteiger partial charge in [0.1, 0.15) is 0 Å². The summed E-state index contributed by atoms with van der Waals surface area (Å²) in [5, 5.41) is 6.14. The molecule has 1 radical (unpaired) electrons. The summed E-state index contributed by atoms with van der Waals surface area (Å²) < 4.78 is 0. The molecule has 0 aromatic rings. The highest BCUT2D eigenvalue weighted by atomic mass is 15.4. The first-order valence-corrected chi connectivity index (χ1v) is 2.98. The molecule has 0 saturated heterocycles. The number of nitrogens with zero attached hydrogens (tertiary/aromatic N) is 1. The Balaban J connectivity index is 2.13. The molecule has 0 aromatic carbocycles. The van der Waals surface area contributed by atoms with Crippen molar-refractivity contribution in [3.63, 3.8) is 0 Å². The Morgan fingerprint density at radius 1 is 1.67 bits per heavy atom. The van der Waals surface area contributed by atoms with Crippen molar-refractivity contribution in [2.75, 3.05) is 6.54 Å². The van der Waals surface area contributed by atoms with Gasteiger partial charge >= 0.3 is 0 Å². The Morgan fingerprint density at radius 3 is 3.56 bits per heavy atom. The predicted molar refractivity (Wildman–Crippen MR) is 33.7 cm³/mol. The summed E-state index contributed by atoms with van der Waals surface area (Å²) >= 11 is 0. The fraction of sp³-hybridized carbons (Fsp3) is 0.333. The fourth-order valence-electron chi connectivity index (χ4n) is 0.991. The molecule has 1 atom stereocenters. The van der Waals surface area contributed by atoms with Gasteiger partial charge in [0.2, 0.25) is 0 Å². The molecule has 0 fully saturated rings. The van der Waals surface area contributed by atoms with Crippen molar-refractivity contribution in [2.24, 2.45) is 0 Å². The van der Waals surface area contributed by atoms with E-state index in [1.54, 1.807) is 0 Å². The maximum atomic E-state index is 3.11. The van der Waals surface area contributed by atoms with Crippen LogP contribution in [0.2, 0.25) is 0 Å². The first kappa shape index (κ1) is 4.73. The molecule has 3 heteroatoms. The van der Waals surface area contributed by atoms with Crippen LogP contribution < -0.4 is 10.6 Å². The van der Waals surface area contributed by atoms with Crippen LogP contribution in [-0.2, 0) is 0 Å². The van der Waals surface area contributed by atoms with Gasteiger partial charge in [0, 0.05) is 18.9 Å². The van der Waals surface area contributed by atoms with Crippen LogP contribution in [0.1, 0.15) is 0 Å². The Morgan fingerprint density at radius 2 is 2.67 bits per heavy atom. The van der Waals surface area contributed by atoms with Crippen molar-refractivity contribution in [3.05, 3.63) is 24.7 Å². The van der Waals surface area contributed by atoms with E-state index >= 15 is 0 Å². The Hall–Kier alpha value is -1.12. The second kappa shape index (κ2) is 1.69. The van der Waals surface area contributed by atoms with E-state index < -0.39 is 0 Å². The van der Waals surface area contributed by atoms with Crippen molar-refractivity contribution in [1.29, 1.82) is 0 Å². The van der Waals surface area contributed by atoms with E-state index in [2.05, 4.69) is 21.7 Å². The van der Waals surface area contributed by atoms with Crippen LogP contribution in [0, 0.1) is 6.20 Å². The average Bonchev–Trinajstić information content (AvgIpc) is 2.33. The molecule has 0 saturated carbocycles. The van der Waals surface area contributed by atoms with E-state index in [1.165, 1.54) is 0 Å². The van der Waals surface area contributed by atoms with E-state index in [4.69, 9.17) is 0 Å². The summed E-state index contributed by atoms with van der Waals surface area (Å²) in [7, 11) is 0. The molecule has 2 N–H and O–H groups in total. The molecule has 0 bridgehead atoms. The van der Waals surface area contributed by atoms with Crippen LogP contribution in [0.4, 0.5) is 0 Å². The van der Waals surface area contributed by atoms with Crippen molar-refractivity contribution in [1.82, 2.24) is 15.5 Å². The SMILES string of the molecule is [C]1=CCN2C=CNC2N1. The smallest absolute Gasteiger partial charge is 0.175 e. The van der Waals surface area contributed by atoms with Crippen LogP contribution in [0.3, 0.4) is 0 Å². The number of hydrogen-bond acceptors (Lipinski definition) is 3. The first-order chi connectivity index (χ1) is 4.47. The molecule has 9 heavy (non-hydrogen) atoms. The lowest BCUT2D eigenvalue weighted by Gasteiger charge is -2.26. The van der Waals surface area contributed by atoms with Gasteiger partial charge in [-0.3, -0.25) is 0 Å². The second-order valence-corrected chi connectivity index (χ2v) is 2.07. The molecule has 1 unspecified atom stereocenters. The number of rotatable bonds is 0. The Labute approximate surface area is 54.0 Å². The zero-order chi connectivity index (χ0) is 6.10. The molecule has 0 amide bonds. The van der Waals surface area contributed by atoms with Gasteiger partial charge in [-0.1, -0.05) is 0 Å². The normalized spacial score (nSPS) is 29.3. The molecule has 2 aliphatic rings. The van der Waals surface area contributed by atoms with E-state index in [0.29, 0.717) is 0 Å². The van der Waals surface area contributed by atoms with Crippen LogP contribution >= 0.6 is 0 Å². The van der Waals surface area contributed by atoms with Gasteiger partial charge in [-0.2, -0.15) is 0 Å². The van der Waals surface area contributed by atoms with Gasteiger partial charge in [0.25, 0.3) is 0 Å². The van der Waals surface area contributed by atoms with Crippen LogP contribution in [0.15, 0.2) is 18.5 Å². The molecular formula is C6H8N3. The zero-order valence-electron chi connectivity index (χ0n) is 4.96. The van der Waals surface area contributed by atoms with Crippen molar-refractivity contribution in [2.45, 2.75) is 6.29 Å². The molecule has 2 heterocycles. The third-order valence-corrected chi connectivity index (χ3v) is 1.48. The van der Waals surface area contributed by atoms with Crippen LogP contribution in [0.5, 0.6) is 0 Å². The molecular weight excluding hydrogens is 114 g/mol. The highest BCUT2D eigenvalue weighted by Crippen LogP contribution is 2.04. The molecule has 3 nitrogen and oxygen atoms in total. The highest BCUT2D eigenvalue weighted by Gasteiger charge is 2.17. The minimum absolute atomic E-state index is 0.245. The summed E-state index contributed by atoms with van der Waals surface area (Å²) in [6, 6.07) is 0. The largest absolute Gasteiger partial charge is 0.353 e. The monoisotopic (exact) mass is 122 g/mol. The minimum atomic E-state index is 0.245. The summed E-state index contributed by atoms with van der Waals surface area (Å²) in [4.78, 5) is 2.15. The topological polar surface area (TPSA) is 27.3 Å². The number of hydrogen-bond donors (Lipinski definition) is 2. The van der Waals surface area contributed by atoms with E-state index in [9.17, 15) is 0 Å². The van der Waals surface area contributed by atoms with E-state index in [0.717, 1.165) is 6.54 Å². The summed E-state index contributed by atoms with van der Waals surface area (Å²) in [5.41, 5.74) is 0. The first-order valence-electron chi connectivity index (χ1n) is 2.98.